The Kier molecular flexibility index (Phi) is 5.04. The minimum atomic E-state index is -2.97. The third-order valence-electron chi connectivity index (χ3n) is 3.47. The normalized spacial score (nSPS) is 30.8. The molecular weight excluding hydrogens is 248 g/mol. The van der Waals surface area contributed by atoms with Crippen molar-refractivity contribution >= 4 is 22.4 Å². The summed E-state index contributed by atoms with van der Waals surface area (Å²) in [5, 5.41) is 3.44. The zero-order valence-corrected chi connectivity index (χ0v) is 11.3. The number of hydrogen-bond donors (Lipinski definition) is 1. The molecule has 0 aromatic carbocycles. The lowest BCUT2D eigenvalue weighted by molar-refractivity contribution is 0.247. The average Bonchev–Trinajstić information content (AvgIpc) is 2.63. The maximum atomic E-state index is 11.9. The zero-order chi connectivity index (χ0) is 10.9. The highest BCUT2D eigenvalue weighted by atomic mass is 35.5. The molecule has 0 spiro atoms. The van der Waals surface area contributed by atoms with E-state index in [0.29, 0.717) is 30.7 Å². The van der Waals surface area contributed by atoms with Gasteiger partial charge in [0.05, 0.1) is 5.75 Å². The third-order valence-corrected chi connectivity index (χ3v) is 5.52. The van der Waals surface area contributed by atoms with E-state index in [1.165, 1.54) is 0 Å². The predicted octanol–water partition coefficient (Wildman–Crippen LogP) is 0.832. The van der Waals surface area contributed by atoms with Gasteiger partial charge in [-0.05, 0) is 31.7 Å². The summed E-state index contributed by atoms with van der Waals surface area (Å²) in [5.41, 5.74) is 0. The van der Waals surface area contributed by atoms with Crippen molar-refractivity contribution in [2.75, 3.05) is 25.4 Å². The predicted molar refractivity (Wildman–Crippen MR) is 67.4 cm³/mol. The summed E-state index contributed by atoms with van der Waals surface area (Å²) in [5.74, 6) is 0.850. The Morgan fingerprint density at radius 3 is 2.81 bits per heavy atom. The molecular formula is C10H21ClN2O2S. The third kappa shape index (κ3) is 2.88. The monoisotopic (exact) mass is 268 g/mol. The van der Waals surface area contributed by atoms with Gasteiger partial charge in [-0.15, -0.1) is 12.4 Å². The fourth-order valence-corrected chi connectivity index (χ4v) is 4.23. The molecule has 1 N–H and O–H groups in total. The second-order valence-corrected chi connectivity index (χ2v) is 6.66. The first-order valence-electron chi connectivity index (χ1n) is 5.84. The minimum absolute atomic E-state index is 0. The summed E-state index contributed by atoms with van der Waals surface area (Å²) in [6.45, 7) is 4.41. The molecule has 0 amide bonds. The lowest BCUT2D eigenvalue weighted by Gasteiger charge is -2.33. The van der Waals surface area contributed by atoms with Crippen LogP contribution in [0, 0.1) is 5.92 Å². The zero-order valence-electron chi connectivity index (χ0n) is 9.68. The summed E-state index contributed by atoms with van der Waals surface area (Å²) in [7, 11) is -2.97. The molecule has 2 rings (SSSR count). The molecule has 0 aromatic rings. The summed E-state index contributed by atoms with van der Waals surface area (Å²) >= 11 is 0. The molecule has 6 heteroatoms. The van der Waals surface area contributed by atoms with Crippen LogP contribution in [0.5, 0.6) is 0 Å². The van der Waals surface area contributed by atoms with Crippen molar-refractivity contribution in [1.82, 2.24) is 9.62 Å². The number of fused-ring (bicyclic) bond motifs is 1. The van der Waals surface area contributed by atoms with Crippen LogP contribution in [0.3, 0.4) is 0 Å². The van der Waals surface area contributed by atoms with Crippen LogP contribution in [-0.2, 0) is 10.0 Å². The second-order valence-electron chi connectivity index (χ2n) is 4.57. The van der Waals surface area contributed by atoms with E-state index in [1.807, 2.05) is 6.92 Å². The average molecular weight is 269 g/mol. The molecule has 0 aliphatic carbocycles. The first kappa shape index (κ1) is 14.2. The largest absolute Gasteiger partial charge is 0.314 e. The van der Waals surface area contributed by atoms with E-state index in [2.05, 4.69) is 5.32 Å². The molecule has 16 heavy (non-hydrogen) atoms. The van der Waals surface area contributed by atoms with E-state index in [4.69, 9.17) is 0 Å². The molecule has 0 radical (unpaired) electrons. The molecule has 2 fully saturated rings. The molecule has 2 heterocycles. The molecule has 2 aliphatic rings. The van der Waals surface area contributed by atoms with Gasteiger partial charge in [0.2, 0.25) is 10.0 Å². The lowest BCUT2D eigenvalue weighted by Crippen LogP contribution is -2.47. The van der Waals surface area contributed by atoms with Crippen LogP contribution < -0.4 is 5.32 Å². The van der Waals surface area contributed by atoms with Crippen molar-refractivity contribution in [2.24, 2.45) is 5.92 Å². The van der Waals surface area contributed by atoms with Gasteiger partial charge in [-0.1, -0.05) is 6.92 Å². The highest BCUT2D eigenvalue weighted by molar-refractivity contribution is 7.89. The van der Waals surface area contributed by atoms with Crippen LogP contribution in [0.2, 0.25) is 0 Å². The smallest absolute Gasteiger partial charge is 0.214 e. The van der Waals surface area contributed by atoms with Crippen molar-refractivity contribution in [2.45, 2.75) is 32.2 Å². The number of hydrogen-bond acceptors (Lipinski definition) is 3. The Morgan fingerprint density at radius 2 is 2.12 bits per heavy atom. The number of nitrogens with zero attached hydrogens (tertiary/aromatic N) is 1. The first-order valence-corrected chi connectivity index (χ1v) is 7.45. The Labute approximate surface area is 104 Å². The van der Waals surface area contributed by atoms with Crippen LogP contribution in [0.15, 0.2) is 0 Å². The molecule has 0 aromatic heterocycles. The highest BCUT2D eigenvalue weighted by Crippen LogP contribution is 2.26. The van der Waals surface area contributed by atoms with Gasteiger partial charge in [0, 0.05) is 19.1 Å². The molecule has 4 nitrogen and oxygen atoms in total. The van der Waals surface area contributed by atoms with Crippen LogP contribution in [0.1, 0.15) is 26.2 Å². The van der Waals surface area contributed by atoms with Gasteiger partial charge in [0.15, 0.2) is 0 Å². The fourth-order valence-electron chi connectivity index (χ4n) is 2.65. The summed E-state index contributed by atoms with van der Waals surface area (Å²) in [4.78, 5) is 0. The number of nitrogens with one attached hydrogen (secondary N) is 1. The number of piperidine rings is 1. The summed E-state index contributed by atoms with van der Waals surface area (Å²) in [6.07, 6.45) is 2.82. The van der Waals surface area contributed by atoms with Gasteiger partial charge in [-0.25, -0.2) is 12.7 Å². The van der Waals surface area contributed by atoms with E-state index >= 15 is 0 Å². The van der Waals surface area contributed by atoms with E-state index in [9.17, 15) is 8.42 Å². The molecule has 0 saturated carbocycles. The maximum absolute atomic E-state index is 11.9. The number of halogens is 1. The van der Waals surface area contributed by atoms with Gasteiger partial charge in [-0.3, -0.25) is 0 Å². The van der Waals surface area contributed by atoms with Gasteiger partial charge < -0.3 is 5.32 Å². The molecule has 2 aliphatic heterocycles. The van der Waals surface area contributed by atoms with E-state index < -0.39 is 10.0 Å². The standard InChI is InChI=1S/C10H20N2O2S.ClH/c1-2-7-15(13,14)12-6-4-10-9(8-12)3-5-11-10;/h9-11H,2-8H2,1H3;1H. The SMILES string of the molecule is CCCS(=O)(=O)N1CCC2NCCC2C1.Cl. The Bertz CT molecular complexity index is 321. The van der Waals surface area contributed by atoms with Crippen LogP contribution in [-0.4, -0.2) is 44.2 Å². The van der Waals surface area contributed by atoms with E-state index in [1.54, 1.807) is 4.31 Å². The Morgan fingerprint density at radius 1 is 1.38 bits per heavy atom. The van der Waals surface area contributed by atoms with Gasteiger partial charge in [-0.2, -0.15) is 0 Å². The summed E-state index contributed by atoms with van der Waals surface area (Å²) in [6, 6.07) is 0.568. The van der Waals surface area contributed by atoms with Crippen molar-refractivity contribution < 1.29 is 8.42 Å². The molecule has 2 atom stereocenters. The lowest BCUT2D eigenvalue weighted by atomic mass is 9.95. The van der Waals surface area contributed by atoms with E-state index in [-0.39, 0.29) is 12.4 Å². The van der Waals surface area contributed by atoms with Crippen molar-refractivity contribution in [1.29, 1.82) is 0 Å². The quantitative estimate of drug-likeness (QED) is 0.825. The first-order chi connectivity index (χ1) is 7.13. The Hall–Kier alpha value is 0.160. The van der Waals surface area contributed by atoms with Crippen molar-refractivity contribution in [3.8, 4) is 0 Å². The fraction of sp³-hybridized carbons (Fsp3) is 1.00. The van der Waals surface area contributed by atoms with Gasteiger partial charge in [0.1, 0.15) is 0 Å². The number of sulfonamides is 1. The summed E-state index contributed by atoms with van der Waals surface area (Å²) < 4.78 is 25.5. The maximum Gasteiger partial charge on any atom is 0.214 e. The van der Waals surface area contributed by atoms with Crippen LogP contribution >= 0.6 is 12.4 Å². The molecule has 0 bridgehead atoms. The Balaban J connectivity index is 0.00000128. The molecule has 2 unspecified atom stereocenters. The van der Waals surface area contributed by atoms with Crippen molar-refractivity contribution in [3.63, 3.8) is 0 Å². The van der Waals surface area contributed by atoms with Crippen LogP contribution in [0.25, 0.3) is 0 Å². The van der Waals surface area contributed by atoms with Crippen LogP contribution in [0.4, 0.5) is 0 Å². The number of rotatable bonds is 3. The second kappa shape index (κ2) is 5.67. The molecule has 96 valence electrons. The topological polar surface area (TPSA) is 49.4 Å². The van der Waals surface area contributed by atoms with Gasteiger partial charge in [0.25, 0.3) is 0 Å². The van der Waals surface area contributed by atoms with Gasteiger partial charge >= 0.3 is 0 Å². The van der Waals surface area contributed by atoms with E-state index in [0.717, 1.165) is 25.9 Å². The molecule has 2 saturated heterocycles. The van der Waals surface area contributed by atoms with Crippen molar-refractivity contribution in [3.05, 3.63) is 0 Å². The minimum Gasteiger partial charge on any atom is -0.314 e. The highest BCUT2D eigenvalue weighted by Gasteiger charge is 2.36.